The molecular formula is C13H17O4. The molecule has 2 rings (SSSR count). The number of hydrogen-bond acceptors (Lipinski definition) is 4. The van der Waals surface area contributed by atoms with Crippen molar-refractivity contribution in [2.75, 3.05) is 7.11 Å². The van der Waals surface area contributed by atoms with Crippen molar-refractivity contribution in [3.8, 4) is 11.5 Å². The van der Waals surface area contributed by atoms with Gasteiger partial charge in [-0.3, -0.25) is 0 Å². The molecule has 1 saturated carbocycles. The Labute approximate surface area is 101 Å². The van der Waals surface area contributed by atoms with E-state index < -0.39 is 6.10 Å². The van der Waals surface area contributed by atoms with Crippen LogP contribution in [0.3, 0.4) is 0 Å². The number of phenols is 1. The fourth-order valence-electron chi connectivity index (χ4n) is 2.00. The van der Waals surface area contributed by atoms with Crippen LogP contribution in [-0.2, 0) is 4.74 Å². The van der Waals surface area contributed by atoms with E-state index in [1.165, 1.54) is 0 Å². The fraction of sp³-hybridized carbons (Fsp3) is 0.462. The zero-order valence-corrected chi connectivity index (χ0v) is 9.74. The molecule has 3 atom stereocenters. The second-order valence-corrected chi connectivity index (χ2v) is 4.18. The highest BCUT2D eigenvalue weighted by molar-refractivity contribution is 5.30. The van der Waals surface area contributed by atoms with E-state index in [-0.39, 0.29) is 18.0 Å². The third-order valence-electron chi connectivity index (χ3n) is 2.99. The Hall–Kier alpha value is -1.26. The Morgan fingerprint density at radius 3 is 2.41 bits per heavy atom. The molecule has 1 aliphatic carbocycles. The summed E-state index contributed by atoms with van der Waals surface area (Å²) in [5.74, 6) is 0.833. The molecule has 1 aliphatic rings. The van der Waals surface area contributed by atoms with Crippen LogP contribution in [0, 0.1) is 6.42 Å². The summed E-state index contributed by atoms with van der Waals surface area (Å²) < 4.78 is 10.9. The van der Waals surface area contributed by atoms with Crippen molar-refractivity contribution >= 4 is 0 Å². The summed E-state index contributed by atoms with van der Waals surface area (Å²) in [7, 11) is 1.59. The van der Waals surface area contributed by atoms with Crippen molar-refractivity contribution in [1.82, 2.24) is 0 Å². The molecule has 0 spiro atoms. The maximum atomic E-state index is 10.0. The molecule has 4 heteroatoms. The number of ether oxygens (including phenoxy) is 2. The van der Waals surface area contributed by atoms with E-state index in [0.717, 1.165) is 6.42 Å². The van der Waals surface area contributed by atoms with Crippen molar-refractivity contribution in [1.29, 1.82) is 0 Å². The van der Waals surface area contributed by atoms with Crippen LogP contribution in [0.15, 0.2) is 24.3 Å². The van der Waals surface area contributed by atoms with Crippen LogP contribution in [0.25, 0.3) is 0 Å². The van der Waals surface area contributed by atoms with Gasteiger partial charge >= 0.3 is 0 Å². The minimum atomic E-state index is -0.626. The van der Waals surface area contributed by atoms with Crippen molar-refractivity contribution in [3.63, 3.8) is 0 Å². The topological polar surface area (TPSA) is 58.9 Å². The van der Waals surface area contributed by atoms with Gasteiger partial charge in [-0.15, -0.1) is 0 Å². The predicted octanol–water partition coefficient (Wildman–Crippen LogP) is 1.51. The van der Waals surface area contributed by atoms with Crippen molar-refractivity contribution in [3.05, 3.63) is 30.7 Å². The molecule has 0 heterocycles. The Bertz CT molecular complexity index is 349. The van der Waals surface area contributed by atoms with Crippen LogP contribution in [0.4, 0.5) is 0 Å². The molecule has 4 nitrogen and oxygen atoms in total. The van der Waals surface area contributed by atoms with Gasteiger partial charge < -0.3 is 19.7 Å². The molecular weight excluding hydrogens is 220 g/mol. The van der Waals surface area contributed by atoms with Gasteiger partial charge in [-0.25, -0.2) is 0 Å². The smallest absolute Gasteiger partial charge is 0.127 e. The number of hydrogen-bond donors (Lipinski definition) is 2. The molecule has 0 aromatic heterocycles. The van der Waals surface area contributed by atoms with Gasteiger partial charge in [0.2, 0.25) is 0 Å². The molecule has 17 heavy (non-hydrogen) atoms. The van der Waals surface area contributed by atoms with Gasteiger partial charge in [-0.2, -0.15) is 0 Å². The second-order valence-electron chi connectivity index (χ2n) is 4.18. The van der Waals surface area contributed by atoms with Crippen molar-refractivity contribution < 1.29 is 19.7 Å². The number of methoxy groups -OCH3 is 1. The molecule has 1 aromatic rings. The van der Waals surface area contributed by atoms with Crippen LogP contribution in [0.1, 0.15) is 12.8 Å². The lowest BCUT2D eigenvalue weighted by molar-refractivity contribution is -0.0797. The summed E-state index contributed by atoms with van der Waals surface area (Å²) in [6.45, 7) is 0. The Morgan fingerprint density at radius 2 is 1.76 bits per heavy atom. The molecule has 93 valence electrons. The molecule has 0 bridgehead atoms. The summed E-state index contributed by atoms with van der Waals surface area (Å²) in [5.41, 5.74) is 0. The summed E-state index contributed by atoms with van der Waals surface area (Å²) in [6, 6.07) is 6.47. The Morgan fingerprint density at radius 1 is 1.12 bits per heavy atom. The van der Waals surface area contributed by atoms with Crippen molar-refractivity contribution in [2.45, 2.75) is 31.2 Å². The van der Waals surface area contributed by atoms with Gasteiger partial charge in [0.05, 0.1) is 6.10 Å². The number of aliphatic hydroxyl groups excluding tert-OH is 1. The third kappa shape index (κ3) is 2.90. The summed E-state index contributed by atoms with van der Waals surface area (Å²) >= 11 is 0. The predicted molar refractivity (Wildman–Crippen MR) is 62.9 cm³/mol. The first kappa shape index (κ1) is 12.2. The van der Waals surface area contributed by atoms with E-state index in [1.807, 2.05) is 0 Å². The van der Waals surface area contributed by atoms with Gasteiger partial charge in [0.15, 0.2) is 0 Å². The lowest BCUT2D eigenvalue weighted by Crippen LogP contribution is -2.45. The average Bonchev–Trinajstić information content (AvgIpc) is 2.35. The number of rotatable bonds is 3. The van der Waals surface area contributed by atoms with Crippen LogP contribution in [0.5, 0.6) is 11.5 Å². The van der Waals surface area contributed by atoms with E-state index in [0.29, 0.717) is 12.2 Å². The van der Waals surface area contributed by atoms with E-state index >= 15 is 0 Å². The second kappa shape index (κ2) is 5.38. The first-order valence-electron chi connectivity index (χ1n) is 5.69. The summed E-state index contributed by atoms with van der Waals surface area (Å²) in [6.07, 6.45) is 2.38. The van der Waals surface area contributed by atoms with Gasteiger partial charge in [-0.05, 0) is 43.5 Å². The molecule has 1 aromatic carbocycles. The number of aliphatic hydroxyl groups is 1. The molecule has 3 unspecified atom stereocenters. The molecule has 2 N–H and O–H groups in total. The quantitative estimate of drug-likeness (QED) is 0.836. The molecule has 0 aliphatic heterocycles. The number of benzene rings is 1. The third-order valence-corrected chi connectivity index (χ3v) is 2.99. The monoisotopic (exact) mass is 237 g/mol. The SMILES string of the molecule is COC1C[CH]CC(Oc2ccc(O)cc2)C1O. The first-order chi connectivity index (χ1) is 8.20. The van der Waals surface area contributed by atoms with Gasteiger partial charge in [0.1, 0.15) is 23.7 Å². The molecule has 0 saturated heterocycles. The summed E-state index contributed by atoms with van der Waals surface area (Å²) in [5, 5.41) is 19.2. The molecule has 0 amide bonds. The molecule has 1 fully saturated rings. The standard InChI is InChI=1S/C13H17O4/c1-16-11-3-2-4-12(13(11)15)17-10-7-5-9(14)6-8-10/h2,5-8,11-15H,3-4H2,1H3. The highest BCUT2D eigenvalue weighted by atomic mass is 16.5. The minimum Gasteiger partial charge on any atom is -0.508 e. The van der Waals surface area contributed by atoms with Gasteiger partial charge in [-0.1, -0.05) is 0 Å². The Balaban J connectivity index is 2.00. The normalized spacial score (nSPS) is 28.9. The van der Waals surface area contributed by atoms with Crippen LogP contribution >= 0.6 is 0 Å². The van der Waals surface area contributed by atoms with Crippen LogP contribution in [-0.4, -0.2) is 35.6 Å². The van der Waals surface area contributed by atoms with E-state index in [9.17, 15) is 5.11 Å². The van der Waals surface area contributed by atoms with Crippen LogP contribution < -0.4 is 4.74 Å². The highest BCUT2D eigenvalue weighted by Gasteiger charge is 2.33. The van der Waals surface area contributed by atoms with E-state index in [2.05, 4.69) is 6.42 Å². The first-order valence-corrected chi connectivity index (χ1v) is 5.69. The van der Waals surface area contributed by atoms with Crippen LogP contribution in [0.2, 0.25) is 0 Å². The number of aromatic hydroxyl groups is 1. The molecule has 1 radical (unpaired) electrons. The Kier molecular flexibility index (Phi) is 3.86. The van der Waals surface area contributed by atoms with Gasteiger partial charge in [0, 0.05) is 7.11 Å². The minimum absolute atomic E-state index is 0.197. The number of phenolic OH excluding ortho intramolecular Hbond substituents is 1. The summed E-state index contributed by atoms with van der Waals surface area (Å²) in [4.78, 5) is 0. The fourth-order valence-corrected chi connectivity index (χ4v) is 2.00. The zero-order chi connectivity index (χ0) is 12.3. The van der Waals surface area contributed by atoms with Gasteiger partial charge in [0.25, 0.3) is 0 Å². The maximum Gasteiger partial charge on any atom is 0.127 e. The lowest BCUT2D eigenvalue weighted by Gasteiger charge is -2.33. The highest BCUT2D eigenvalue weighted by Crippen LogP contribution is 2.26. The maximum absolute atomic E-state index is 10.0. The largest absolute Gasteiger partial charge is 0.508 e. The van der Waals surface area contributed by atoms with E-state index in [4.69, 9.17) is 14.6 Å². The van der Waals surface area contributed by atoms with E-state index in [1.54, 1.807) is 31.4 Å². The zero-order valence-electron chi connectivity index (χ0n) is 9.74. The average molecular weight is 237 g/mol. The lowest BCUT2D eigenvalue weighted by atomic mass is 9.92. The van der Waals surface area contributed by atoms with Crippen molar-refractivity contribution in [2.24, 2.45) is 0 Å².